The number of hydrogen-bond donors (Lipinski definition) is 0. The monoisotopic (exact) mass is 412 g/mol. The number of carbonyl (C=O) groups excluding carboxylic acids is 1. The number of fused-ring (bicyclic) bond motifs is 1. The lowest BCUT2D eigenvalue weighted by atomic mass is 10.1. The molecule has 0 unspecified atom stereocenters. The molecular weight excluding hydrogens is 388 g/mol. The van der Waals surface area contributed by atoms with Crippen LogP contribution in [0.3, 0.4) is 0 Å². The summed E-state index contributed by atoms with van der Waals surface area (Å²) in [7, 11) is 3.26. The van der Waals surface area contributed by atoms with E-state index in [4.69, 9.17) is 19.2 Å². The first-order valence-electron chi connectivity index (χ1n) is 9.66. The number of nitrogens with zero attached hydrogens (tertiary/aromatic N) is 2. The average molecular weight is 413 g/mol. The number of ether oxygens (including phenoxy) is 3. The van der Waals surface area contributed by atoms with Crippen LogP contribution in [0.5, 0.6) is 11.5 Å². The van der Waals surface area contributed by atoms with Crippen LogP contribution in [-0.2, 0) is 16.0 Å². The summed E-state index contributed by atoms with van der Waals surface area (Å²) in [5.74, 6) is 1.49. The summed E-state index contributed by atoms with van der Waals surface area (Å²) >= 11 is 1.50. The summed E-state index contributed by atoms with van der Waals surface area (Å²) in [6.45, 7) is 1.26. The number of aromatic nitrogens is 1. The molecule has 3 aromatic rings. The van der Waals surface area contributed by atoms with Crippen LogP contribution in [0.4, 0.5) is 5.13 Å². The number of methoxy groups -OCH3 is 2. The standard InChI is InChI=1S/C22H24N2O4S/c1-26-16-10-8-15(9-11-16)13-20(25)24(14-17-5-4-12-28-17)22-23-21-18(27-2)6-3-7-19(21)29-22/h3,6-11,17H,4-5,12-14H2,1-2H3/t17-/m0/s1. The predicted molar refractivity (Wildman–Crippen MR) is 114 cm³/mol. The Bertz CT molecular complexity index is 980. The van der Waals surface area contributed by atoms with Gasteiger partial charge < -0.3 is 14.2 Å². The number of hydrogen-bond acceptors (Lipinski definition) is 6. The molecule has 2 aromatic carbocycles. The lowest BCUT2D eigenvalue weighted by molar-refractivity contribution is -0.118. The van der Waals surface area contributed by atoms with Crippen LogP contribution in [0.25, 0.3) is 10.2 Å². The third-order valence-electron chi connectivity index (χ3n) is 5.05. The summed E-state index contributed by atoms with van der Waals surface area (Å²) in [4.78, 5) is 19.8. The van der Waals surface area contributed by atoms with E-state index >= 15 is 0 Å². The third kappa shape index (κ3) is 4.36. The van der Waals surface area contributed by atoms with E-state index in [1.807, 2.05) is 42.5 Å². The Hall–Kier alpha value is -2.64. The fourth-order valence-corrected chi connectivity index (χ4v) is 4.49. The Balaban J connectivity index is 1.62. The SMILES string of the molecule is COc1ccc(CC(=O)N(C[C@@H]2CCCO2)c2nc3c(OC)cccc3s2)cc1. The number of carbonyl (C=O) groups is 1. The second kappa shape index (κ2) is 8.80. The molecule has 7 heteroatoms. The van der Waals surface area contributed by atoms with Crippen molar-refractivity contribution in [2.75, 3.05) is 32.3 Å². The molecule has 6 nitrogen and oxygen atoms in total. The van der Waals surface area contributed by atoms with E-state index in [9.17, 15) is 4.79 Å². The number of amides is 1. The third-order valence-corrected chi connectivity index (χ3v) is 6.09. The summed E-state index contributed by atoms with van der Waals surface area (Å²) in [5.41, 5.74) is 1.72. The maximum Gasteiger partial charge on any atom is 0.233 e. The summed E-state index contributed by atoms with van der Waals surface area (Å²) < 4.78 is 17.4. The second-order valence-corrected chi connectivity index (χ2v) is 7.98. The smallest absolute Gasteiger partial charge is 0.233 e. The molecule has 2 heterocycles. The molecule has 4 rings (SSSR count). The van der Waals surface area contributed by atoms with Crippen LogP contribution in [0, 0.1) is 0 Å². The molecule has 1 amide bonds. The molecule has 0 aliphatic carbocycles. The predicted octanol–water partition coefficient (Wildman–Crippen LogP) is 4.07. The van der Waals surface area contributed by atoms with Gasteiger partial charge in [0.2, 0.25) is 5.91 Å². The van der Waals surface area contributed by atoms with Crippen molar-refractivity contribution in [1.82, 2.24) is 4.98 Å². The van der Waals surface area contributed by atoms with Gasteiger partial charge in [-0.1, -0.05) is 29.5 Å². The van der Waals surface area contributed by atoms with E-state index in [0.717, 1.165) is 41.0 Å². The number of anilines is 1. The highest BCUT2D eigenvalue weighted by Gasteiger charge is 2.26. The minimum absolute atomic E-state index is 0.00342. The largest absolute Gasteiger partial charge is 0.497 e. The minimum atomic E-state index is 0.00342. The normalized spacial score (nSPS) is 16.1. The molecule has 1 aromatic heterocycles. The van der Waals surface area contributed by atoms with Gasteiger partial charge in [0.1, 0.15) is 17.0 Å². The second-order valence-electron chi connectivity index (χ2n) is 6.97. The number of para-hydroxylation sites is 1. The van der Waals surface area contributed by atoms with E-state index < -0.39 is 0 Å². The maximum absolute atomic E-state index is 13.3. The molecule has 29 heavy (non-hydrogen) atoms. The Morgan fingerprint density at radius 2 is 2.03 bits per heavy atom. The van der Waals surface area contributed by atoms with Gasteiger partial charge in [-0.25, -0.2) is 4.98 Å². The Morgan fingerprint density at radius 3 is 2.72 bits per heavy atom. The number of thiazole rings is 1. The molecule has 0 spiro atoms. The summed E-state index contributed by atoms with van der Waals surface area (Å²) in [6, 6.07) is 13.4. The van der Waals surface area contributed by atoms with Crippen molar-refractivity contribution in [3.63, 3.8) is 0 Å². The molecular formula is C22H24N2O4S. The summed E-state index contributed by atoms with van der Waals surface area (Å²) in [6.07, 6.45) is 2.33. The van der Waals surface area contributed by atoms with Gasteiger partial charge >= 0.3 is 0 Å². The van der Waals surface area contributed by atoms with Crippen LogP contribution in [0.2, 0.25) is 0 Å². The van der Waals surface area contributed by atoms with Crippen molar-refractivity contribution in [3.8, 4) is 11.5 Å². The Kier molecular flexibility index (Phi) is 5.97. The minimum Gasteiger partial charge on any atom is -0.497 e. The van der Waals surface area contributed by atoms with Crippen molar-refractivity contribution in [2.24, 2.45) is 0 Å². The quantitative estimate of drug-likeness (QED) is 0.585. The molecule has 0 N–H and O–H groups in total. The molecule has 0 radical (unpaired) electrons. The zero-order valence-corrected chi connectivity index (χ0v) is 17.4. The van der Waals surface area contributed by atoms with Gasteiger partial charge in [-0.15, -0.1) is 0 Å². The van der Waals surface area contributed by atoms with Gasteiger partial charge in [0, 0.05) is 6.61 Å². The van der Waals surface area contributed by atoms with Crippen molar-refractivity contribution in [1.29, 1.82) is 0 Å². The van der Waals surface area contributed by atoms with Gasteiger partial charge in [-0.3, -0.25) is 9.69 Å². The van der Waals surface area contributed by atoms with E-state index in [-0.39, 0.29) is 12.0 Å². The van der Waals surface area contributed by atoms with Gasteiger partial charge in [-0.2, -0.15) is 0 Å². The number of benzene rings is 2. The molecule has 0 saturated carbocycles. The molecule has 152 valence electrons. The van der Waals surface area contributed by atoms with Crippen LogP contribution in [0.1, 0.15) is 18.4 Å². The first-order chi connectivity index (χ1) is 14.2. The highest BCUT2D eigenvalue weighted by molar-refractivity contribution is 7.22. The Labute approximate surface area is 174 Å². The van der Waals surface area contributed by atoms with Crippen molar-refractivity contribution in [3.05, 3.63) is 48.0 Å². The van der Waals surface area contributed by atoms with E-state index in [1.165, 1.54) is 11.3 Å². The topological polar surface area (TPSA) is 60.9 Å². The van der Waals surface area contributed by atoms with E-state index in [0.29, 0.717) is 23.8 Å². The van der Waals surface area contributed by atoms with Gasteiger partial charge in [0.25, 0.3) is 0 Å². The van der Waals surface area contributed by atoms with Crippen LogP contribution in [-0.4, -0.2) is 44.4 Å². The molecule has 1 aliphatic rings. The summed E-state index contributed by atoms with van der Waals surface area (Å²) in [5, 5.41) is 0.679. The average Bonchev–Trinajstić information content (AvgIpc) is 3.41. The van der Waals surface area contributed by atoms with Crippen LogP contribution >= 0.6 is 11.3 Å². The van der Waals surface area contributed by atoms with Crippen molar-refractivity contribution in [2.45, 2.75) is 25.4 Å². The number of rotatable bonds is 7. The van der Waals surface area contributed by atoms with E-state index in [1.54, 1.807) is 19.1 Å². The lowest BCUT2D eigenvalue weighted by Crippen LogP contribution is -2.38. The Morgan fingerprint density at radius 1 is 1.21 bits per heavy atom. The first kappa shape index (κ1) is 19.7. The molecule has 1 atom stereocenters. The molecule has 0 bridgehead atoms. The lowest BCUT2D eigenvalue weighted by Gasteiger charge is -2.23. The van der Waals surface area contributed by atoms with E-state index in [2.05, 4.69) is 0 Å². The van der Waals surface area contributed by atoms with Crippen LogP contribution in [0.15, 0.2) is 42.5 Å². The van der Waals surface area contributed by atoms with Gasteiger partial charge in [0.15, 0.2) is 5.13 Å². The fourth-order valence-electron chi connectivity index (χ4n) is 3.48. The molecule has 1 aliphatic heterocycles. The van der Waals surface area contributed by atoms with Crippen LogP contribution < -0.4 is 14.4 Å². The van der Waals surface area contributed by atoms with Crippen molar-refractivity contribution >= 4 is 32.6 Å². The van der Waals surface area contributed by atoms with Crippen molar-refractivity contribution < 1.29 is 19.0 Å². The fraction of sp³-hybridized carbons (Fsp3) is 0.364. The molecule has 1 saturated heterocycles. The molecule has 1 fully saturated rings. The highest BCUT2D eigenvalue weighted by Crippen LogP contribution is 2.35. The van der Waals surface area contributed by atoms with Gasteiger partial charge in [-0.05, 0) is 42.7 Å². The maximum atomic E-state index is 13.3. The zero-order chi connectivity index (χ0) is 20.2. The zero-order valence-electron chi connectivity index (χ0n) is 16.6. The first-order valence-corrected chi connectivity index (χ1v) is 10.5. The highest BCUT2D eigenvalue weighted by atomic mass is 32.1. The van der Waals surface area contributed by atoms with Gasteiger partial charge in [0.05, 0.1) is 38.0 Å².